The van der Waals surface area contributed by atoms with E-state index >= 15 is 0 Å². The van der Waals surface area contributed by atoms with Crippen LogP contribution in [0, 0.1) is 10.8 Å². The molecule has 1 aromatic carbocycles. The summed E-state index contributed by atoms with van der Waals surface area (Å²) in [6.45, 7) is 13.0. The summed E-state index contributed by atoms with van der Waals surface area (Å²) in [5.74, 6) is 0.632. The van der Waals surface area contributed by atoms with Crippen LogP contribution in [0.25, 0.3) is 0 Å². The Balaban J connectivity index is 3.33. The van der Waals surface area contributed by atoms with E-state index in [0.29, 0.717) is 22.4 Å². The van der Waals surface area contributed by atoms with Crippen LogP contribution in [-0.2, 0) is 9.84 Å². The van der Waals surface area contributed by atoms with Crippen LogP contribution < -0.4 is 4.74 Å². The zero-order valence-corrected chi connectivity index (χ0v) is 17.0. The molecule has 3 nitrogen and oxygen atoms in total. The molecule has 1 rings (SSSR count). The Morgan fingerprint density at radius 1 is 0.913 bits per heavy atom. The van der Waals surface area contributed by atoms with Gasteiger partial charge in [0, 0.05) is 5.25 Å². The van der Waals surface area contributed by atoms with E-state index in [1.807, 2.05) is 0 Å². The standard InChI is InChI=1S/C18H28O3SSi/c1-14(2)23(15(3)4,16(5)6)13-12-22(19,20)18-10-8-17(21-7)9-11-18/h8-11,14-16H,1-7H3. The zero-order valence-electron chi connectivity index (χ0n) is 15.2. The lowest BCUT2D eigenvalue weighted by molar-refractivity contribution is 0.414. The van der Waals surface area contributed by atoms with E-state index in [4.69, 9.17) is 4.74 Å². The Labute approximate surface area is 142 Å². The van der Waals surface area contributed by atoms with E-state index in [1.54, 1.807) is 31.4 Å². The quantitative estimate of drug-likeness (QED) is 0.572. The second kappa shape index (κ2) is 7.54. The van der Waals surface area contributed by atoms with E-state index in [1.165, 1.54) is 0 Å². The van der Waals surface area contributed by atoms with Crippen LogP contribution in [0.2, 0.25) is 16.6 Å². The van der Waals surface area contributed by atoms with Gasteiger partial charge in [0.1, 0.15) is 13.8 Å². The van der Waals surface area contributed by atoms with Gasteiger partial charge in [-0.15, -0.1) is 5.54 Å². The predicted octanol–water partition coefficient (Wildman–Crippen LogP) is 4.65. The highest BCUT2D eigenvalue weighted by Crippen LogP contribution is 2.40. The molecule has 0 N–H and O–H groups in total. The third kappa shape index (κ3) is 4.18. The van der Waals surface area contributed by atoms with Gasteiger partial charge >= 0.3 is 0 Å². The minimum absolute atomic E-state index is 0.227. The molecule has 0 fully saturated rings. The molecule has 0 radical (unpaired) electrons. The third-order valence-electron chi connectivity index (χ3n) is 4.64. The molecule has 0 unspecified atom stereocenters. The van der Waals surface area contributed by atoms with Crippen molar-refractivity contribution in [3.8, 4) is 16.5 Å². The van der Waals surface area contributed by atoms with E-state index in [0.717, 1.165) is 0 Å². The van der Waals surface area contributed by atoms with Crippen molar-refractivity contribution in [3.63, 3.8) is 0 Å². The van der Waals surface area contributed by atoms with Gasteiger partial charge in [0.15, 0.2) is 0 Å². The number of benzene rings is 1. The molecule has 0 saturated carbocycles. The van der Waals surface area contributed by atoms with Crippen molar-refractivity contribution >= 4 is 17.9 Å². The zero-order chi connectivity index (χ0) is 17.8. The van der Waals surface area contributed by atoms with Crippen LogP contribution >= 0.6 is 0 Å². The third-order valence-corrected chi connectivity index (χ3v) is 12.4. The molecule has 0 amide bonds. The van der Waals surface area contributed by atoms with Gasteiger partial charge < -0.3 is 4.74 Å². The normalized spacial score (nSPS) is 12.4. The summed E-state index contributed by atoms with van der Waals surface area (Å²) >= 11 is 0. The Morgan fingerprint density at radius 2 is 1.35 bits per heavy atom. The fraction of sp³-hybridized carbons (Fsp3) is 0.556. The first kappa shape index (κ1) is 19.8. The first-order valence-corrected chi connectivity index (χ1v) is 11.7. The summed E-state index contributed by atoms with van der Waals surface area (Å²) in [5, 5.41) is 2.64. The Kier molecular flexibility index (Phi) is 6.49. The number of rotatable bonds is 5. The Bertz CT molecular complexity index is 655. The van der Waals surface area contributed by atoms with Crippen LogP contribution in [0.15, 0.2) is 29.2 Å². The summed E-state index contributed by atoms with van der Waals surface area (Å²) in [5.41, 5.74) is 4.48. The molecule has 0 saturated heterocycles. The summed E-state index contributed by atoms with van der Waals surface area (Å²) in [7, 11) is -4.10. The number of sulfone groups is 1. The Hall–Kier alpha value is -1.25. The maximum Gasteiger partial charge on any atom is 0.244 e. The SMILES string of the molecule is COc1ccc(S(=O)(=O)C#C[Si](C(C)C)(C(C)C)C(C)C)cc1. The van der Waals surface area contributed by atoms with Gasteiger partial charge in [0.2, 0.25) is 9.84 Å². The highest BCUT2D eigenvalue weighted by atomic mass is 32.2. The average molecular weight is 353 g/mol. The van der Waals surface area contributed by atoms with Crippen molar-refractivity contribution in [2.24, 2.45) is 0 Å². The minimum atomic E-state index is -3.60. The van der Waals surface area contributed by atoms with Crippen LogP contribution in [0.4, 0.5) is 0 Å². The molecular weight excluding hydrogens is 324 g/mol. The van der Waals surface area contributed by atoms with Gasteiger partial charge in [-0.05, 0) is 40.9 Å². The van der Waals surface area contributed by atoms with Crippen molar-refractivity contribution < 1.29 is 13.2 Å². The number of methoxy groups -OCH3 is 1. The number of hydrogen-bond donors (Lipinski definition) is 0. The van der Waals surface area contributed by atoms with E-state index in [9.17, 15) is 8.42 Å². The second-order valence-electron chi connectivity index (χ2n) is 6.80. The lowest BCUT2D eigenvalue weighted by Crippen LogP contribution is -2.43. The highest BCUT2D eigenvalue weighted by molar-refractivity contribution is 7.96. The van der Waals surface area contributed by atoms with Crippen LogP contribution in [0.1, 0.15) is 41.5 Å². The first-order valence-electron chi connectivity index (χ1n) is 8.01. The Morgan fingerprint density at radius 3 is 1.70 bits per heavy atom. The van der Waals surface area contributed by atoms with Gasteiger partial charge in [-0.2, -0.15) is 0 Å². The molecule has 0 atom stereocenters. The van der Waals surface area contributed by atoms with Gasteiger partial charge in [-0.3, -0.25) is 0 Å². The van der Waals surface area contributed by atoms with E-state index in [-0.39, 0.29) is 4.90 Å². The molecule has 1 aromatic rings. The highest BCUT2D eigenvalue weighted by Gasteiger charge is 2.42. The molecular formula is C18H28O3SSi. The van der Waals surface area contributed by atoms with E-state index < -0.39 is 17.9 Å². The summed E-state index contributed by atoms with van der Waals surface area (Å²) in [6.07, 6.45) is 0. The maximum atomic E-state index is 12.6. The van der Waals surface area contributed by atoms with Crippen molar-refractivity contribution in [3.05, 3.63) is 24.3 Å². The van der Waals surface area contributed by atoms with Crippen LogP contribution in [-0.4, -0.2) is 23.6 Å². The predicted molar refractivity (Wildman–Crippen MR) is 99.0 cm³/mol. The lowest BCUT2D eigenvalue weighted by atomic mass is 10.3. The van der Waals surface area contributed by atoms with Crippen LogP contribution in [0.5, 0.6) is 5.75 Å². The molecule has 0 heterocycles. The smallest absolute Gasteiger partial charge is 0.244 e. The molecule has 0 aromatic heterocycles. The summed E-state index contributed by atoms with van der Waals surface area (Å²) in [6, 6.07) is 6.39. The second-order valence-corrected chi connectivity index (χ2v) is 14.1. The van der Waals surface area contributed by atoms with Gasteiger partial charge in [-0.1, -0.05) is 41.5 Å². The topological polar surface area (TPSA) is 43.4 Å². The minimum Gasteiger partial charge on any atom is -0.497 e. The molecule has 23 heavy (non-hydrogen) atoms. The molecule has 0 aliphatic carbocycles. The summed E-state index contributed by atoms with van der Waals surface area (Å²) < 4.78 is 30.2. The van der Waals surface area contributed by atoms with Crippen molar-refractivity contribution in [1.82, 2.24) is 0 Å². The van der Waals surface area contributed by atoms with Gasteiger partial charge in [-0.25, -0.2) is 8.42 Å². The van der Waals surface area contributed by atoms with Gasteiger partial charge in [0.25, 0.3) is 0 Å². The van der Waals surface area contributed by atoms with Crippen molar-refractivity contribution in [2.45, 2.75) is 63.1 Å². The largest absolute Gasteiger partial charge is 0.497 e. The molecule has 0 bridgehead atoms. The number of hydrogen-bond acceptors (Lipinski definition) is 3. The monoisotopic (exact) mass is 352 g/mol. The lowest BCUT2D eigenvalue weighted by Gasteiger charge is -2.37. The van der Waals surface area contributed by atoms with Gasteiger partial charge in [0.05, 0.1) is 12.0 Å². The van der Waals surface area contributed by atoms with E-state index in [2.05, 4.69) is 52.3 Å². The van der Waals surface area contributed by atoms with Crippen molar-refractivity contribution in [2.75, 3.05) is 7.11 Å². The van der Waals surface area contributed by atoms with Crippen molar-refractivity contribution in [1.29, 1.82) is 0 Å². The molecule has 0 spiro atoms. The molecule has 128 valence electrons. The first-order chi connectivity index (χ1) is 10.6. The molecule has 0 aliphatic heterocycles. The number of ether oxygens (including phenoxy) is 1. The molecule has 5 heteroatoms. The summed E-state index contributed by atoms with van der Waals surface area (Å²) in [4.78, 5) is 0.227. The average Bonchev–Trinajstić information content (AvgIpc) is 2.46. The molecule has 0 aliphatic rings. The maximum absolute atomic E-state index is 12.6. The fourth-order valence-electron chi connectivity index (χ4n) is 3.40. The van der Waals surface area contributed by atoms with Crippen LogP contribution in [0.3, 0.4) is 0 Å². The fourth-order valence-corrected chi connectivity index (χ4v) is 10.1.